The lowest BCUT2D eigenvalue weighted by molar-refractivity contribution is -0.134. The second-order valence-corrected chi connectivity index (χ2v) is 17.4. The van der Waals surface area contributed by atoms with Crippen LogP contribution in [0.4, 0.5) is 4.79 Å². The summed E-state index contributed by atoms with van der Waals surface area (Å²) in [5.41, 5.74) is 7.56. The van der Waals surface area contributed by atoms with E-state index in [-0.39, 0.29) is 29.8 Å². The summed E-state index contributed by atoms with van der Waals surface area (Å²) in [7, 11) is 2.97. The topological polar surface area (TPSA) is 155 Å². The summed E-state index contributed by atoms with van der Waals surface area (Å²) in [5, 5.41) is 4.77. The fourth-order valence-corrected chi connectivity index (χ4v) is 9.68. The molecular formula is C48H55N7O6. The summed E-state index contributed by atoms with van der Waals surface area (Å²) in [6.45, 7) is 8.61. The number of nitrogens with one attached hydrogen (secondary N) is 3. The van der Waals surface area contributed by atoms with Crippen LogP contribution in [0.1, 0.15) is 88.6 Å². The normalized spacial score (nSPS) is 21.8. The summed E-state index contributed by atoms with van der Waals surface area (Å²) >= 11 is 0. The number of amides is 3. The number of imidazole rings is 2. The van der Waals surface area contributed by atoms with Gasteiger partial charge in [-0.25, -0.2) is 14.8 Å². The number of allylic oxidation sites excluding steroid dienone is 2. The smallest absolute Gasteiger partial charge is 0.407 e. The number of carbonyl (C=O) groups excluding carboxylic acids is 3. The molecule has 3 amide bonds. The molecule has 3 aliphatic heterocycles. The average Bonchev–Trinajstić information content (AvgIpc) is 4.10. The van der Waals surface area contributed by atoms with Gasteiger partial charge in [-0.1, -0.05) is 63.6 Å². The number of likely N-dealkylation sites (tertiary alicyclic amines) is 2. The van der Waals surface area contributed by atoms with Crippen LogP contribution in [-0.2, 0) is 25.7 Å². The van der Waals surface area contributed by atoms with Gasteiger partial charge in [0.25, 0.3) is 5.91 Å². The monoisotopic (exact) mass is 825 g/mol. The highest BCUT2D eigenvalue weighted by atomic mass is 16.5. The number of aromatic amines is 2. The van der Waals surface area contributed by atoms with Gasteiger partial charge in [-0.15, -0.1) is 0 Å². The molecule has 5 aromatic rings. The molecule has 9 rings (SSSR count). The van der Waals surface area contributed by atoms with E-state index in [4.69, 9.17) is 24.2 Å². The van der Waals surface area contributed by atoms with Crippen LogP contribution in [0.5, 0.6) is 5.75 Å². The minimum Gasteiger partial charge on any atom is -0.488 e. The molecule has 318 valence electrons. The number of aromatic nitrogens is 4. The molecule has 1 aliphatic carbocycles. The second kappa shape index (κ2) is 16.8. The van der Waals surface area contributed by atoms with Crippen molar-refractivity contribution in [2.75, 3.05) is 33.9 Å². The lowest BCUT2D eigenvalue weighted by Crippen LogP contribution is -2.49. The van der Waals surface area contributed by atoms with Gasteiger partial charge in [-0.05, 0) is 89.4 Å². The van der Waals surface area contributed by atoms with Gasteiger partial charge in [0.2, 0.25) is 5.91 Å². The molecule has 3 N–H and O–H groups in total. The minimum absolute atomic E-state index is 0.0462. The standard InChI is InChI=1S/C48H55N7O6/c1-6-27(2)17-42(56)54-23-28(3)16-39(54)45-49-22-38(51-45)32-12-14-34-33(19-32)26-61-41-21-35-31(20-36(34)41)13-15-37-44(35)52-46(50-37)40-18-29(25-59-4)24-55(40)47(57)43(53-48(58)60-5)30-10-8-7-9-11-30/h8,10-15,19-22,27-29,39-40,43H,6-7,9,16-18,23-26H2,1-5H3,(H,49,51)(H,50,52)(H,53,58)/t27-,28-,29-,39-,40-,43+/m0/s1. The van der Waals surface area contributed by atoms with E-state index in [0.29, 0.717) is 50.3 Å². The van der Waals surface area contributed by atoms with Crippen molar-refractivity contribution in [3.63, 3.8) is 0 Å². The van der Waals surface area contributed by atoms with Gasteiger partial charge in [0, 0.05) is 43.5 Å². The molecule has 0 radical (unpaired) electrons. The van der Waals surface area contributed by atoms with Crippen molar-refractivity contribution < 1.29 is 28.6 Å². The van der Waals surface area contributed by atoms with Crippen LogP contribution in [0.3, 0.4) is 0 Å². The number of H-pyrrole nitrogens is 2. The molecule has 0 saturated carbocycles. The average molecular weight is 826 g/mol. The van der Waals surface area contributed by atoms with Gasteiger partial charge < -0.3 is 39.3 Å². The molecule has 0 bridgehead atoms. The maximum Gasteiger partial charge on any atom is 0.407 e. The van der Waals surface area contributed by atoms with Gasteiger partial charge in [0.1, 0.15) is 30.0 Å². The molecule has 0 spiro atoms. The van der Waals surface area contributed by atoms with E-state index in [1.807, 2.05) is 40.3 Å². The van der Waals surface area contributed by atoms with Crippen molar-refractivity contribution in [1.82, 2.24) is 35.1 Å². The molecule has 2 saturated heterocycles. The summed E-state index contributed by atoms with van der Waals surface area (Å²) < 4.78 is 16.9. The summed E-state index contributed by atoms with van der Waals surface area (Å²) in [4.78, 5) is 61.1. The van der Waals surface area contributed by atoms with Crippen LogP contribution in [-0.4, -0.2) is 87.6 Å². The van der Waals surface area contributed by atoms with Crippen molar-refractivity contribution in [1.29, 1.82) is 0 Å². The van der Waals surface area contributed by atoms with Crippen LogP contribution in [0.25, 0.3) is 44.2 Å². The number of fused-ring (bicyclic) bond motifs is 6. The lowest BCUT2D eigenvalue weighted by Gasteiger charge is -2.29. The van der Waals surface area contributed by atoms with Crippen molar-refractivity contribution in [2.24, 2.45) is 17.8 Å². The Hall–Kier alpha value is -5.95. The Morgan fingerprint density at radius 2 is 1.84 bits per heavy atom. The Kier molecular flexibility index (Phi) is 11.2. The zero-order valence-corrected chi connectivity index (χ0v) is 35.6. The third-order valence-corrected chi connectivity index (χ3v) is 13.1. The van der Waals surface area contributed by atoms with Gasteiger partial charge in [0.15, 0.2) is 0 Å². The molecule has 2 fully saturated rings. The number of rotatable bonds is 11. The number of alkyl carbamates (subject to hydrolysis) is 1. The van der Waals surface area contributed by atoms with Crippen LogP contribution in [0, 0.1) is 17.8 Å². The first kappa shape index (κ1) is 40.5. The van der Waals surface area contributed by atoms with Crippen molar-refractivity contribution in [2.45, 2.75) is 84.0 Å². The van der Waals surface area contributed by atoms with E-state index >= 15 is 0 Å². The van der Waals surface area contributed by atoms with Crippen LogP contribution >= 0.6 is 0 Å². The highest BCUT2D eigenvalue weighted by Gasteiger charge is 2.42. The zero-order chi connectivity index (χ0) is 42.4. The highest BCUT2D eigenvalue weighted by molar-refractivity contribution is 6.07. The number of benzene rings is 3. The number of carbonyl (C=O) groups is 3. The lowest BCUT2D eigenvalue weighted by atomic mass is 9.92. The first-order valence-electron chi connectivity index (χ1n) is 21.7. The molecule has 3 aromatic carbocycles. The fourth-order valence-electron chi connectivity index (χ4n) is 9.68. The molecule has 13 nitrogen and oxygen atoms in total. The number of hydrogen-bond donors (Lipinski definition) is 3. The predicted molar refractivity (Wildman–Crippen MR) is 233 cm³/mol. The number of methoxy groups -OCH3 is 2. The Labute approximate surface area is 355 Å². The maximum absolute atomic E-state index is 14.4. The first-order valence-corrected chi connectivity index (χ1v) is 21.7. The third kappa shape index (κ3) is 7.80. The molecular weight excluding hydrogens is 771 g/mol. The van der Waals surface area contributed by atoms with E-state index in [9.17, 15) is 14.4 Å². The van der Waals surface area contributed by atoms with E-state index < -0.39 is 12.1 Å². The Bertz CT molecular complexity index is 2560. The largest absolute Gasteiger partial charge is 0.488 e. The number of ether oxygens (including phenoxy) is 3. The molecule has 4 aliphatic rings. The molecule has 2 aromatic heterocycles. The van der Waals surface area contributed by atoms with Crippen LogP contribution < -0.4 is 10.1 Å². The number of nitrogens with zero attached hydrogens (tertiary/aromatic N) is 4. The molecule has 6 atom stereocenters. The summed E-state index contributed by atoms with van der Waals surface area (Å²) in [6.07, 6.45) is 11.9. The van der Waals surface area contributed by atoms with Gasteiger partial charge in [-0.2, -0.15) is 0 Å². The van der Waals surface area contributed by atoms with Gasteiger partial charge in [-0.3, -0.25) is 9.59 Å². The van der Waals surface area contributed by atoms with E-state index in [0.717, 1.165) is 99.1 Å². The second-order valence-electron chi connectivity index (χ2n) is 17.4. The van der Waals surface area contributed by atoms with Crippen molar-refractivity contribution in [3.05, 3.63) is 89.7 Å². The fraction of sp³-hybridized carbons (Fsp3) is 0.438. The molecule has 61 heavy (non-hydrogen) atoms. The van der Waals surface area contributed by atoms with Crippen LogP contribution in [0.15, 0.2) is 72.5 Å². The van der Waals surface area contributed by atoms with Crippen LogP contribution in [0.2, 0.25) is 0 Å². The minimum atomic E-state index is -0.888. The van der Waals surface area contributed by atoms with Crippen molar-refractivity contribution >= 4 is 39.7 Å². The SMILES string of the molecule is CC[C@H](C)CC(=O)N1C[C@@H](C)C[C@H]1c1ncc(-c2ccc3c(c2)COc2cc4c(ccc5[nH]c([C@@H]6C[C@H](COC)CN6C(=O)[C@H](NC(=O)OC)C6=CCCC=C6)nc54)cc2-3)[nH]1. The molecule has 0 unspecified atom stereocenters. The van der Waals surface area contributed by atoms with E-state index in [1.165, 1.54) is 7.11 Å². The predicted octanol–water partition coefficient (Wildman–Crippen LogP) is 8.55. The van der Waals surface area contributed by atoms with E-state index in [2.05, 4.69) is 72.5 Å². The maximum atomic E-state index is 14.4. The summed E-state index contributed by atoms with van der Waals surface area (Å²) in [5.74, 6) is 3.18. The van der Waals surface area contributed by atoms with E-state index in [1.54, 1.807) is 7.11 Å². The Morgan fingerprint density at radius 3 is 2.62 bits per heavy atom. The summed E-state index contributed by atoms with van der Waals surface area (Å²) in [6, 6.07) is 13.6. The quantitative estimate of drug-likeness (QED) is 0.120. The van der Waals surface area contributed by atoms with Gasteiger partial charge in [0.05, 0.1) is 48.7 Å². The zero-order valence-electron chi connectivity index (χ0n) is 35.6. The van der Waals surface area contributed by atoms with Gasteiger partial charge >= 0.3 is 6.09 Å². The molecule has 13 heteroatoms. The highest BCUT2D eigenvalue weighted by Crippen LogP contribution is 2.44. The number of hydrogen-bond acceptors (Lipinski definition) is 8. The molecule has 5 heterocycles. The third-order valence-electron chi connectivity index (χ3n) is 13.1. The first-order chi connectivity index (χ1) is 29.6. The Balaban J connectivity index is 0.989. The van der Waals surface area contributed by atoms with Crippen molar-refractivity contribution in [3.8, 4) is 28.1 Å². The Morgan fingerprint density at radius 1 is 0.984 bits per heavy atom.